The first-order valence-corrected chi connectivity index (χ1v) is 7.16. The van der Waals surface area contributed by atoms with Crippen LogP contribution >= 0.6 is 11.6 Å². The van der Waals surface area contributed by atoms with Crippen molar-refractivity contribution >= 4 is 23.1 Å². The monoisotopic (exact) mass is 303 g/mol. The minimum atomic E-state index is -0.108. The van der Waals surface area contributed by atoms with Crippen LogP contribution in [0.5, 0.6) is 5.75 Å². The highest BCUT2D eigenvalue weighted by atomic mass is 35.5. The summed E-state index contributed by atoms with van der Waals surface area (Å²) in [6, 6.07) is 8.81. The van der Waals surface area contributed by atoms with E-state index in [1.54, 1.807) is 30.3 Å². The quantitative estimate of drug-likeness (QED) is 0.681. The third kappa shape index (κ3) is 3.03. The highest BCUT2D eigenvalue weighted by Gasteiger charge is 2.19. The number of hydrogen-bond acceptors (Lipinski definition) is 3. The Labute approximate surface area is 129 Å². The molecule has 0 saturated carbocycles. The molecule has 0 radical (unpaired) electrons. The standard InChI is InChI=1S/C17H18ClNO2/c1-4-21-17-12(6-5-7-15(17)19)16(20)13-8-11(3)14(18)9-10(13)2/h5-9H,4,19H2,1-3H3. The number of nitrogens with two attached hydrogens (primary N) is 1. The number of carbonyl (C=O) groups is 1. The van der Waals surface area contributed by atoms with Crippen molar-refractivity contribution in [2.75, 3.05) is 12.3 Å². The van der Waals surface area contributed by atoms with Gasteiger partial charge in [0.1, 0.15) is 0 Å². The summed E-state index contributed by atoms with van der Waals surface area (Å²) in [7, 11) is 0. The molecule has 0 spiro atoms. The van der Waals surface area contributed by atoms with Crippen LogP contribution < -0.4 is 10.5 Å². The molecular weight excluding hydrogens is 286 g/mol. The highest BCUT2D eigenvalue weighted by Crippen LogP contribution is 2.30. The summed E-state index contributed by atoms with van der Waals surface area (Å²) < 4.78 is 5.53. The molecule has 0 aliphatic carbocycles. The first kappa shape index (κ1) is 15.4. The number of nitrogen functional groups attached to an aromatic ring is 1. The molecule has 3 nitrogen and oxygen atoms in total. The van der Waals surface area contributed by atoms with Gasteiger partial charge < -0.3 is 10.5 Å². The van der Waals surface area contributed by atoms with Crippen molar-refractivity contribution in [3.05, 3.63) is 57.6 Å². The van der Waals surface area contributed by atoms with Crippen LogP contribution in [0.15, 0.2) is 30.3 Å². The van der Waals surface area contributed by atoms with Gasteiger partial charge in [0.2, 0.25) is 0 Å². The number of anilines is 1. The lowest BCUT2D eigenvalue weighted by molar-refractivity contribution is 0.103. The first-order valence-electron chi connectivity index (χ1n) is 6.78. The van der Waals surface area contributed by atoms with E-state index in [9.17, 15) is 4.79 Å². The van der Waals surface area contributed by atoms with Gasteiger partial charge in [0, 0.05) is 10.6 Å². The Morgan fingerprint density at radius 2 is 1.90 bits per heavy atom. The van der Waals surface area contributed by atoms with Crippen LogP contribution in [0.3, 0.4) is 0 Å². The third-order valence-corrected chi connectivity index (χ3v) is 3.74. The van der Waals surface area contributed by atoms with Crippen LogP contribution in [-0.4, -0.2) is 12.4 Å². The Morgan fingerprint density at radius 1 is 1.19 bits per heavy atom. The molecule has 110 valence electrons. The van der Waals surface area contributed by atoms with Gasteiger partial charge in [0.25, 0.3) is 0 Å². The molecule has 2 aromatic rings. The second kappa shape index (κ2) is 6.19. The Bertz CT molecular complexity index is 695. The van der Waals surface area contributed by atoms with Crippen molar-refractivity contribution in [2.24, 2.45) is 0 Å². The molecule has 0 saturated heterocycles. The van der Waals surface area contributed by atoms with Gasteiger partial charge in [-0.25, -0.2) is 0 Å². The van der Waals surface area contributed by atoms with Gasteiger partial charge >= 0.3 is 0 Å². The summed E-state index contributed by atoms with van der Waals surface area (Å²) in [5, 5.41) is 0.654. The molecule has 0 atom stereocenters. The second-order valence-electron chi connectivity index (χ2n) is 4.90. The number of aryl methyl sites for hydroxylation is 2. The number of halogens is 1. The molecular formula is C17H18ClNO2. The number of rotatable bonds is 4. The zero-order chi connectivity index (χ0) is 15.6. The van der Waals surface area contributed by atoms with E-state index in [1.807, 2.05) is 20.8 Å². The molecule has 0 aliphatic rings. The third-order valence-electron chi connectivity index (χ3n) is 3.33. The lowest BCUT2D eigenvalue weighted by atomic mass is 9.96. The van der Waals surface area contributed by atoms with Crippen molar-refractivity contribution in [1.82, 2.24) is 0 Å². The van der Waals surface area contributed by atoms with Crippen molar-refractivity contribution < 1.29 is 9.53 Å². The van der Waals surface area contributed by atoms with Crippen molar-refractivity contribution in [2.45, 2.75) is 20.8 Å². The molecule has 2 rings (SSSR count). The van der Waals surface area contributed by atoms with E-state index in [0.29, 0.717) is 34.2 Å². The van der Waals surface area contributed by atoms with E-state index in [-0.39, 0.29) is 5.78 Å². The van der Waals surface area contributed by atoms with Crippen molar-refractivity contribution in [3.8, 4) is 5.75 Å². The Hall–Kier alpha value is -2.00. The summed E-state index contributed by atoms with van der Waals surface area (Å²) in [4.78, 5) is 12.8. The van der Waals surface area contributed by atoms with E-state index in [2.05, 4.69) is 0 Å². The molecule has 0 amide bonds. The molecule has 0 fully saturated rings. The average molecular weight is 304 g/mol. The molecule has 2 N–H and O–H groups in total. The zero-order valence-electron chi connectivity index (χ0n) is 12.4. The van der Waals surface area contributed by atoms with E-state index in [0.717, 1.165) is 11.1 Å². The Balaban J connectivity index is 2.55. The van der Waals surface area contributed by atoms with Crippen molar-refractivity contribution in [1.29, 1.82) is 0 Å². The molecule has 2 aromatic carbocycles. The fourth-order valence-corrected chi connectivity index (χ4v) is 2.43. The summed E-state index contributed by atoms with van der Waals surface area (Å²) in [5.74, 6) is 0.333. The first-order chi connectivity index (χ1) is 9.95. The van der Waals surface area contributed by atoms with E-state index >= 15 is 0 Å². The number of ketones is 1. The summed E-state index contributed by atoms with van der Waals surface area (Å²) >= 11 is 6.09. The van der Waals surface area contributed by atoms with Crippen LogP contribution in [-0.2, 0) is 0 Å². The van der Waals surface area contributed by atoms with Gasteiger partial charge in [-0.2, -0.15) is 0 Å². The number of para-hydroxylation sites is 1. The van der Waals surface area contributed by atoms with Gasteiger partial charge in [-0.1, -0.05) is 17.7 Å². The molecule has 4 heteroatoms. The summed E-state index contributed by atoms with van der Waals surface area (Å²) in [6.07, 6.45) is 0. The van der Waals surface area contributed by atoms with E-state index in [1.165, 1.54) is 0 Å². The Morgan fingerprint density at radius 3 is 2.57 bits per heavy atom. The lowest BCUT2D eigenvalue weighted by Crippen LogP contribution is -2.09. The van der Waals surface area contributed by atoms with Crippen LogP contribution in [0.1, 0.15) is 34.0 Å². The van der Waals surface area contributed by atoms with E-state index < -0.39 is 0 Å². The van der Waals surface area contributed by atoms with Crippen LogP contribution in [0, 0.1) is 13.8 Å². The number of hydrogen-bond donors (Lipinski definition) is 1. The average Bonchev–Trinajstić information content (AvgIpc) is 2.44. The minimum Gasteiger partial charge on any atom is -0.491 e. The smallest absolute Gasteiger partial charge is 0.197 e. The fraction of sp³-hybridized carbons (Fsp3) is 0.235. The topological polar surface area (TPSA) is 52.3 Å². The normalized spacial score (nSPS) is 10.5. The fourth-order valence-electron chi connectivity index (χ4n) is 2.21. The van der Waals surface area contributed by atoms with E-state index in [4.69, 9.17) is 22.1 Å². The molecule has 0 aromatic heterocycles. The van der Waals surface area contributed by atoms with Crippen LogP contribution in [0.25, 0.3) is 0 Å². The lowest BCUT2D eigenvalue weighted by Gasteiger charge is -2.13. The highest BCUT2D eigenvalue weighted by molar-refractivity contribution is 6.31. The molecule has 0 unspecified atom stereocenters. The minimum absolute atomic E-state index is 0.108. The van der Waals surface area contributed by atoms with Gasteiger partial charge in [-0.15, -0.1) is 0 Å². The molecule has 21 heavy (non-hydrogen) atoms. The maximum atomic E-state index is 12.8. The second-order valence-corrected chi connectivity index (χ2v) is 5.31. The van der Waals surface area contributed by atoms with Crippen LogP contribution in [0.4, 0.5) is 5.69 Å². The van der Waals surface area contributed by atoms with Gasteiger partial charge in [-0.05, 0) is 56.2 Å². The Kier molecular flexibility index (Phi) is 4.53. The number of ether oxygens (including phenoxy) is 1. The molecule has 0 aliphatic heterocycles. The predicted molar refractivity (Wildman–Crippen MR) is 86.4 cm³/mol. The molecule has 0 bridgehead atoms. The maximum absolute atomic E-state index is 12.8. The summed E-state index contributed by atoms with van der Waals surface area (Å²) in [6.45, 7) is 6.05. The van der Waals surface area contributed by atoms with Crippen LogP contribution in [0.2, 0.25) is 5.02 Å². The van der Waals surface area contributed by atoms with Crippen molar-refractivity contribution in [3.63, 3.8) is 0 Å². The molecule has 0 heterocycles. The number of carbonyl (C=O) groups excluding carboxylic acids is 1. The number of benzene rings is 2. The summed E-state index contributed by atoms with van der Waals surface area (Å²) in [5.41, 5.74) is 9.17. The van der Waals surface area contributed by atoms with Gasteiger partial charge in [0.05, 0.1) is 17.9 Å². The maximum Gasteiger partial charge on any atom is 0.197 e. The van der Waals surface area contributed by atoms with Gasteiger partial charge in [-0.3, -0.25) is 4.79 Å². The zero-order valence-corrected chi connectivity index (χ0v) is 13.1. The SMILES string of the molecule is CCOc1c(N)cccc1C(=O)c1cc(C)c(Cl)cc1C. The predicted octanol–water partition coefficient (Wildman–Crippen LogP) is 4.17. The van der Waals surface area contributed by atoms with Gasteiger partial charge in [0.15, 0.2) is 11.5 Å². The largest absolute Gasteiger partial charge is 0.491 e.